The highest BCUT2D eigenvalue weighted by molar-refractivity contribution is 7.91. The molecule has 1 heterocycles. The number of hydrogen-bond acceptors (Lipinski definition) is 5. The van der Waals surface area contributed by atoms with Crippen molar-refractivity contribution in [2.75, 3.05) is 19.6 Å². The molecule has 0 unspecified atom stereocenters. The zero-order valence-electron chi connectivity index (χ0n) is 12.8. The second-order valence-electron chi connectivity index (χ2n) is 5.03. The molecule has 0 aliphatic rings. The van der Waals surface area contributed by atoms with E-state index in [9.17, 15) is 8.42 Å². The van der Waals surface area contributed by atoms with Crippen LogP contribution in [-0.4, -0.2) is 37.3 Å². The fourth-order valence-electron chi connectivity index (χ4n) is 2.26. The molecular formula is C15H21N3O2S2. The van der Waals surface area contributed by atoms with Crippen LogP contribution in [0.3, 0.4) is 0 Å². The Morgan fingerprint density at radius 3 is 2.41 bits per heavy atom. The maximum absolute atomic E-state index is 12.8. The summed E-state index contributed by atoms with van der Waals surface area (Å²) in [6.45, 7) is 4.57. The van der Waals surface area contributed by atoms with Gasteiger partial charge in [-0.3, -0.25) is 0 Å². The lowest BCUT2D eigenvalue weighted by Gasteiger charge is -2.21. The molecule has 2 aromatic rings. The normalized spacial score (nSPS) is 12.0. The monoisotopic (exact) mass is 339 g/mol. The molecule has 2 N–H and O–H groups in total. The van der Waals surface area contributed by atoms with Gasteiger partial charge in [0.15, 0.2) is 4.21 Å². The highest BCUT2D eigenvalue weighted by Gasteiger charge is 2.28. The Bertz CT molecular complexity index is 712. The number of nitrogens with two attached hydrogens (primary N) is 1. The SMILES string of the molecule is Cc1nc(C)c(S(=O)(=O)N(CCN)CCc2ccccc2)s1. The van der Waals surface area contributed by atoms with Crippen molar-refractivity contribution in [1.82, 2.24) is 9.29 Å². The second kappa shape index (κ2) is 7.32. The Morgan fingerprint density at radius 2 is 1.86 bits per heavy atom. The fourth-order valence-corrected chi connectivity index (χ4v) is 5.34. The van der Waals surface area contributed by atoms with Gasteiger partial charge in [0.1, 0.15) is 0 Å². The predicted molar refractivity (Wildman–Crippen MR) is 89.5 cm³/mol. The van der Waals surface area contributed by atoms with E-state index in [4.69, 9.17) is 5.73 Å². The number of thiazole rings is 1. The van der Waals surface area contributed by atoms with Crippen molar-refractivity contribution in [1.29, 1.82) is 0 Å². The Morgan fingerprint density at radius 1 is 1.18 bits per heavy atom. The average molecular weight is 339 g/mol. The lowest BCUT2D eigenvalue weighted by Crippen LogP contribution is -2.36. The molecule has 2 rings (SSSR count). The third-order valence-corrected chi connectivity index (χ3v) is 6.86. The zero-order valence-corrected chi connectivity index (χ0v) is 14.5. The van der Waals surface area contributed by atoms with Crippen LogP contribution >= 0.6 is 11.3 Å². The minimum Gasteiger partial charge on any atom is -0.329 e. The summed E-state index contributed by atoms with van der Waals surface area (Å²) in [6, 6.07) is 9.84. The lowest BCUT2D eigenvalue weighted by atomic mass is 10.1. The van der Waals surface area contributed by atoms with Crippen LogP contribution in [0, 0.1) is 13.8 Å². The molecular weight excluding hydrogens is 318 g/mol. The first-order valence-corrected chi connectivity index (χ1v) is 9.39. The Hall–Kier alpha value is -1.28. The quantitative estimate of drug-likeness (QED) is 0.836. The van der Waals surface area contributed by atoms with Gasteiger partial charge in [-0.1, -0.05) is 30.3 Å². The topological polar surface area (TPSA) is 76.3 Å². The maximum Gasteiger partial charge on any atom is 0.254 e. The molecule has 0 amide bonds. The highest BCUT2D eigenvalue weighted by atomic mass is 32.2. The minimum atomic E-state index is -3.53. The predicted octanol–water partition coefficient (Wildman–Crippen LogP) is 1.95. The van der Waals surface area contributed by atoms with Gasteiger partial charge in [0.05, 0.1) is 10.7 Å². The first kappa shape index (κ1) is 17.1. The van der Waals surface area contributed by atoms with Crippen LogP contribution in [0.4, 0.5) is 0 Å². The molecule has 0 spiro atoms. The molecule has 0 saturated heterocycles. The number of rotatable bonds is 7. The summed E-state index contributed by atoms with van der Waals surface area (Å²) in [5.74, 6) is 0. The van der Waals surface area contributed by atoms with Crippen molar-refractivity contribution < 1.29 is 8.42 Å². The molecule has 7 heteroatoms. The third kappa shape index (κ3) is 3.92. The van der Waals surface area contributed by atoms with Crippen LogP contribution in [0.25, 0.3) is 0 Å². The van der Waals surface area contributed by atoms with E-state index in [0.717, 1.165) is 10.6 Å². The minimum absolute atomic E-state index is 0.296. The largest absolute Gasteiger partial charge is 0.329 e. The number of aromatic nitrogens is 1. The third-order valence-electron chi connectivity index (χ3n) is 3.31. The zero-order chi connectivity index (χ0) is 16.2. The number of sulfonamides is 1. The Kier molecular flexibility index (Phi) is 5.69. The van der Waals surface area contributed by atoms with Gasteiger partial charge in [0.2, 0.25) is 0 Å². The molecule has 0 aliphatic heterocycles. The van der Waals surface area contributed by atoms with E-state index in [-0.39, 0.29) is 0 Å². The van der Waals surface area contributed by atoms with Gasteiger partial charge >= 0.3 is 0 Å². The van der Waals surface area contributed by atoms with Crippen molar-refractivity contribution >= 4 is 21.4 Å². The van der Waals surface area contributed by atoms with E-state index in [1.165, 1.54) is 15.6 Å². The molecule has 0 atom stereocenters. The molecule has 120 valence electrons. The van der Waals surface area contributed by atoms with E-state index in [1.54, 1.807) is 6.92 Å². The summed E-state index contributed by atoms with van der Waals surface area (Å²) < 4.78 is 27.4. The van der Waals surface area contributed by atoms with Gasteiger partial charge in [0.25, 0.3) is 10.0 Å². The van der Waals surface area contributed by atoms with E-state index in [2.05, 4.69) is 4.98 Å². The van der Waals surface area contributed by atoms with Crippen LogP contribution in [0.5, 0.6) is 0 Å². The maximum atomic E-state index is 12.8. The van der Waals surface area contributed by atoms with E-state index >= 15 is 0 Å². The van der Waals surface area contributed by atoms with Gasteiger partial charge < -0.3 is 5.73 Å². The molecule has 0 aliphatic carbocycles. The van der Waals surface area contributed by atoms with Crippen molar-refractivity contribution in [2.24, 2.45) is 5.73 Å². The van der Waals surface area contributed by atoms with Gasteiger partial charge in [-0.2, -0.15) is 4.31 Å². The second-order valence-corrected chi connectivity index (χ2v) is 8.37. The molecule has 1 aromatic carbocycles. The number of nitrogens with zero attached hydrogens (tertiary/aromatic N) is 2. The molecule has 22 heavy (non-hydrogen) atoms. The van der Waals surface area contributed by atoms with Crippen molar-refractivity contribution in [3.8, 4) is 0 Å². The molecule has 0 fully saturated rings. The molecule has 0 radical (unpaired) electrons. The van der Waals surface area contributed by atoms with Gasteiger partial charge in [-0.05, 0) is 25.8 Å². The summed E-state index contributed by atoms with van der Waals surface area (Å²) in [5.41, 5.74) is 7.27. The van der Waals surface area contributed by atoms with Gasteiger partial charge in [-0.15, -0.1) is 11.3 Å². The van der Waals surface area contributed by atoms with Crippen molar-refractivity contribution in [3.63, 3.8) is 0 Å². The van der Waals surface area contributed by atoms with Crippen LogP contribution in [0.1, 0.15) is 16.3 Å². The molecule has 5 nitrogen and oxygen atoms in total. The summed E-state index contributed by atoms with van der Waals surface area (Å²) in [7, 11) is -3.53. The lowest BCUT2D eigenvalue weighted by molar-refractivity contribution is 0.422. The first-order valence-electron chi connectivity index (χ1n) is 7.13. The molecule has 0 bridgehead atoms. The highest BCUT2D eigenvalue weighted by Crippen LogP contribution is 2.26. The summed E-state index contributed by atoms with van der Waals surface area (Å²) in [5, 5.41) is 0.756. The van der Waals surface area contributed by atoms with Gasteiger partial charge in [-0.25, -0.2) is 13.4 Å². The van der Waals surface area contributed by atoms with Crippen LogP contribution < -0.4 is 5.73 Å². The standard InChI is InChI=1S/C15H21N3O2S2/c1-12-15(21-13(2)17-12)22(19,20)18(11-9-16)10-8-14-6-4-3-5-7-14/h3-7H,8-11,16H2,1-2H3. The number of aryl methyl sites for hydroxylation is 2. The Balaban J connectivity index is 2.21. The summed E-state index contributed by atoms with van der Waals surface area (Å²) in [6.07, 6.45) is 0.664. The molecule has 0 saturated carbocycles. The smallest absolute Gasteiger partial charge is 0.254 e. The van der Waals surface area contributed by atoms with Crippen LogP contribution in [0.15, 0.2) is 34.5 Å². The van der Waals surface area contributed by atoms with E-state index in [1.807, 2.05) is 37.3 Å². The van der Waals surface area contributed by atoms with E-state index in [0.29, 0.717) is 36.0 Å². The Labute approximate surface area is 135 Å². The van der Waals surface area contributed by atoms with Gasteiger partial charge in [0, 0.05) is 19.6 Å². The van der Waals surface area contributed by atoms with Crippen LogP contribution in [-0.2, 0) is 16.4 Å². The average Bonchev–Trinajstić information content (AvgIpc) is 2.84. The van der Waals surface area contributed by atoms with Crippen LogP contribution in [0.2, 0.25) is 0 Å². The van der Waals surface area contributed by atoms with Crippen molar-refractivity contribution in [3.05, 3.63) is 46.6 Å². The van der Waals surface area contributed by atoms with Crippen molar-refractivity contribution in [2.45, 2.75) is 24.5 Å². The summed E-state index contributed by atoms with van der Waals surface area (Å²) >= 11 is 1.22. The first-order chi connectivity index (χ1) is 10.4. The molecule has 1 aromatic heterocycles. The summed E-state index contributed by atoms with van der Waals surface area (Å²) in [4.78, 5) is 4.22. The fraction of sp³-hybridized carbons (Fsp3) is 0.400. The number of benzene rings is 1. The van der Waals surface area contributed by atoms with E-state index < -0.39 is 10.0 Å². The number of hydrogen-bond donors (Lipinski definition) is 1.